The maximum atomic E-state index is 12.9. The molecule has 0 heterocycles. The van der Waals surface area contributed by atoms with Crippen LogP contribution in [0.3, 0.4) is 0 Å². The molecule has 14 heavy (non-hydrogen) atoms. The molecule has 78 valence electrons. The molecule has 0 aliphatic rings. The quantitative estimate of drug-likeness (QED) is 0.687. The second-order valence-corrected chi connectivity index (χ2v) is 2.96. The minimum atomic E-state index is -3.35. The number of aliphatic hydroxyl groups excluding tert-OH is 1. The van der Waals surface area contributed by atoms with Crippen molar-refractivity contribution in [1.29, 1.82) is 0 Å². The third-order valence-electron chi connectivity index (χ3n) is 1.88. The van der Waals surface area contributed by atoms with E-state index < -0.39 is 18.6 Å². The summed E-state index contributed by atoms with van der Waals surface area (Å²) in [5, 5.41) is 18.1. The SMILES string of the molecule is NCC(F)(F)C(O)c1ccc(O)cc1. The Kier molecular flexibility index (Phi) is 3.03. The summed E-state index contributed by atoms with van der Waals surface area (Å²) in [6.45, 7) is -0.922. The molecule has 0 fully saturated rings. The summed E-state index contributed by atoms with van der Waals surface area (Å²) in [7, 11) is 0. The van der Waals surface area contributed by atoms with Crippen LogP contribution in [-0.2, 0) is 0 Å². The molecule has 0 spiro atoms. The number of halogens is 2. The van der Waals surface area contributed by atoms with Gasteiger partial charge in [0.15, 0.2) is 0 Å². The van der Waals surface area contributed by atoms with E-state index >= 15 is 0 Å². The lowest BCUT2D eigenvalue weighted by Gasteiger charge is -2.20. The number of aliphatic hydroxyl groups is 1. The largest absolute Gasteiger partial charge is 0.508 e. The third-order valence-corrected chi connectivity index (χ3v) is 1.88. The molecule has 3 nitrogen and oxygen atoms in total. The predicted molar refractivity (Wildman–Crippen MR) is 47.1 cm³/mol. The molecule has 0 radical (unpaired) electrons. The summed E-state index contributed by atoms with van der Waals surface area (Å²) in [6, 6.07) is 4.91. The van der Waals surface area contributed by atoms with Gasteiger partial charge in [-0.15, -0.1) is 0 Å². The topological polar surface area (TPSA) is 66.5 Å². The molecule has 1 aromatic rings. The van der Waals surface area contributed by atoms with Crippen molar-refractivity contribution in [2.45, 2.75) is 12.0 Å². The van der Waals surface area contributed by atoms with Crippen LogP contribution in [0.1, 0.15) is 11.7 Å². The number of phenolic OH excluding ortho intramolecular Hbond substituents is 1. The van der Waals surface area contributed by atoms with Crippen molar-refractivity contribution in [3.8, 4) is 5.75 Å². The molecule has 0 aliphatic carbocycles. The number of rotatable bonds is 3. The van der Waals surface area contributed by atoms with E-state index in [9.17, 15) is 13.9 Å². The highest BCUT2D eigenvalue weighted by Crippen LogP contribution is 2.30. The Bertz CT molecular complexity index is 300. The van der Waals surface area contributed by atoms with E-state index in [2.05, 4.69) is 0 Å². The average molecular weight is 203 g/mol. The van der Waals surface area contributed by atoms with E-state index in [0.29, 0.717) is 0 Å². The molecular weight excluding hydrogens is 192 g/mol. The number of hydrogen-bond acceptors (Lipinski definition) is 3. The maximum absolute atomic E-state index is 12.9. The van der Waals surface area contributed by atoms with Gasteiger partial charge in [-0.2, -0.15) is 0 Å². The zero-order valence-electron chi connectivity index (χ0n) is 7.32. The summed E-state index contributed by atoms with van der Waals surface area (Å²) in [5.74, 6) is -3.39. The van der Waals surface area contributed by atoms with Crippen LogP contribution in [0.2, 0.25) is 0 Å². The predicted octanol–water partition coefficient (Wildman–Crippen LogP) is 1.02. The van der Waals surface area contributed by atoms with Crippen LogP contribution in [0.5, 0.6) is 5.75 Å². The first-order valence-corrected chi connectivity index (χ1v) is 4.02. The summed E-state index contributed by atoms with van der Waals surface area (Å²) in [4.78, 5) is 0. The fourth-order valence-corrected chi connectivity index (χ4v) is 1.01. The number of benzene rings is 1. The molecule has 0 aliphatic heterocycles. The zero-order chi connectivity index (χ0) is 10.8. The van der Waals surface area contributed by atoms with Crippen LogP contribution in [0, 0.1) is 0 Å². The molecule has 1 unspecified atom stereocenters. The standard InChI is InChI=1S/C9H11F2NO2/c10-9(11,5-12)8(14)6-1-3-7(13)4-2-6/h1-4,8,13-14H,5,12H2. The molecule has 1 rings (SSSR count). The van der Waals surface area contributed by atoms with E-state index in [1.807, 2.05) is 0 Å². The second-order valence-electron chi connectivity index (χ2n) is 2.96. The van der Waals surface area contributed by atoms with Crippen LogP contribution in [0.15, 0.2) is 24.3 Å². The summed E-state index contributed by atoms with van der Waals surface area (Å²) < 4.78 is 25.8. The minimum absolute atomic E-state index is 0.0262. The monoisotopic (exact) mass is 203 g/mol. The molecule has 0 aromatic heterocycles. The third kappa shape index (κ3) is 2.18. The Labute approximate surface area is 79.8 Å². The van der Waals surface area contributed by atoms with E-state index in [1.165, 1.54) is 24.3 Å². The molecule has 0 saturated heterocycles. The van der Waals surface area contributed by atoms with Crippen LogP contribution >= 0.6 is 0 Å². The Hall–Kier alpha value is -1.20. The van der Waals surface area contributed by atoms with Crippen molar-refractivity contribution in [2.24, 2.45) is 5.73 Å². The van der Waals surface area contributed by atoms with E-state index in [0.717, 1.165) is 0 Å². The summed E-state index contributed by atoms with van der Waals surface area (Å²) in [5.41, 5.74) is 4.84. The summed E-state index contributed by atoms with van der Waals surface area (Å²) >= 11 is 0. The molecule has 0 saturated carbocycles. The van der Waals surface area contributed by atoms with Crippen molar-refractivity contribution in [1.82, 2.24) is 0 Å². The van der Waals surface area contributed by atoms with Crippen LogP contribution in [0.25, 0.3) is 0 Å². The van der Waals surface area contributed by atoms with Gasteiger partial charge in [0, 0.05) is 0 Å². The first-order chi connectivity index (χ1) is 6.47. The fraction of sp³-hybridized carbons (Fsp3) is 0.333. The van der Waals surface area contributed by atoms with Crippen LogP contribution in [0.4, 0.5) is 8.78 Å². The first kappa shape index (κ1) is 10.9. The lowest BCUT2D eigenvalue weighted by Crippen LogP contribution is -2.34. The van der Waals surface area contributed by atoms with Crippen LogP contribution in [-0.4, -0.2) is 22.7 Å². The van der Waals surface area contributed by atoms with Gasteiger partial charge in [-0.3, -0.25) is 0 Å². The van der Waals surface area contributed by atoms with E-state index in [-0.39, 0.29) is 11.3 Å². The van der Waals surface area contributed by atoms with E-state index in [4.69, 9.17) is 10.8 Å². The number of alkyl halides is 2. The maximum Gasteiger partial charge on any atom is 0.289 e. The van der Waals surface area contributed by atoms with Gasteiger partial charge >= 0.3 is 0 Å². The summed E-state index contributed by atoms with van der Waals surface area (Å²) in [6.07, 6.45) is -1.94. The first-order valence-electron chi connectivity index (χ1n) is 4.02. The smallest absolute Gasteiger partial charge is 0.289 e. The highest BCUT2D eigenvalue weighted by molar-refractivity contribution is 5.28. The Morgan fingerprint density at radius 1 is 1.29 bits per heavy atom. The van der Waals surface area contributed by atoms with Crippen molar-refractivity contribution in [3.63, 3.8) is 0 Å². The van der Waals surface area contributed by atoms with Crippen molar-refractivity contribution >= 4 is 0 Å². The Morgan fingerprint density at radius 2 is 1.79 bits per heavy atom. The minimum Gasteiger partial charge on any atom is -0.508 e. The molecule has 0 amide bonds. The Balaban J connectivity index is 2.89. The van der Waals surface area contributed by atoms with Gasteiger partial charge in [0.2, 0.25) is 0 Å². The van der Waals surface area contributed by atoms with Crippen molar-refractivity contribution in [3.05, 3.63) is 29.8 Å². The van der Waals surface area contributed by atoms with Gasteiger partial charge < -0.3 is 15.9 Å². The van der Waals surface area contributed by atoms with E-state index in [1.54, 1.807) is 0 Å². The lowest BCUT2D eigenvalue weighted by atomic mass is 10.0. The zero-order valence-corrected chi connectivity index (χ0v) is 7.32. The number of aromatic hydroxyl groups is 1. The number of nitrogens with two attached hydrogens (primary N) is 1. The fourth-order valence-electron chi connectivity index (χ4n) is 1.01. The van der Waals surface area contributed by atoms with Gasteiger partial charge in [-0.25, -0.2) is 8.78 Å². The molecule has 0 bridgehead atoms. The number of hydrogen-bond donors (Lipinski definition) is 3. The molecule has 1 atom stereocenters. The highest BCUT2D eigenvalue weighted by atomic mass is 19.3. The lowest BCUT2D eigenvalue weighted by molar-refractivity contribution is -0.102. The van der Waals surface area contributed by atoms with Gasteiger partial charge in [0.05, 0.1) is 6.54 Å². The molecular formula is C9H11F2NO2. The Morgan fingerprint density at radius 3 is 2.21 bits per heavy atom. The molecule has 5 heteroatoms. The number of phenols is 1. The second kappa shape index (κ2) is 3.89. The molecule has 4 N–H and O–H groups in total. The highest BCUT2D eigenvalue weighted by Gasteiger charge is 2.37. The average Bonchev–Trinajstić information content (AvgIpc) is 2.18. The normalized spacial score (nSPS) is 14.0. The van der Waals surface area contributed by atoms with Gasteiger partial charge in [0.1, 0.15) is 11.9 Å². The van der Waals surface area contributed by atoms with Gasteiger partial charge in [-0.05, 0) is 17.7 Å². The van der Waals surface area contributed by atoms with Crippen LogP contribution < -0.4 is 5.73 Å². The molecule has 1 aromatic carbocycles. The van der Waals surface area contributed by atoms with Gasteiger partial charge in [-0.1, -0.05) is 12.1 Å². The van der Waals surface area contributed by atoms with Gasteiger partial charge in [0.25, 0.3) is 5.92 Å². The van der Waals surface area contributed by atoms with Crippen molar-refractivity contribution in [2.75, 3.05) is 6.54 Å². The van der Waals surface area contributed by atoms with Crippen molar-refractivity contribution < 1.29 is 19.0 Å².